The number of H-pyrrole nitrogens is 1. The molecule has 0 spiro atoms. The van der Waals surface area contributed by atoms with Gasteiger partial charge in [0.05, 0.1) is 6.04 Å². The van der Waals surface area contributed by atoms with Gasteiger partial charge >= 0.3 is 0 Å². The van der Waals surface area contributed by atoms with E-state index in [9.17, 15) is 4.79 Å². The lowest BCUT2D eigenvalue weighted by atomic mass is 10.2. The van der Waals surface area contributed by atoms with Crippen LogP contribution in [0.4, 0.5) is 0 Å². The summed E-state index contributed by atoms with van der Waals surface area (Å²) in [6, 6.07) is 3.96. The Bertz CT molecular complexity index is 438. The quantitative estimate of drug-likeness (QED) is 0.835. The lowest BCUT2D eigenvalue weighted by molar-refractivity contribution is 0.0926. The number of carbonyl (C=O) groups is 1. The van der Waals surface area contributed by atoms with Crippen LogP contribution in [0.2, 0.25) is 0 Å². The highest BCUT2D eigenvalue weighted by molar-refractivity contribution is 7.10. The van der Waals surface area contributed by atoms with Crippen molar-refractivity contribution in [3.63, 3.8) is 0 Å². The molecule has 0 aliphatic carbocycles. The molecule has 2 N–H and O–H groups in total. The second kappa shape index (κ2) is 4.84. The molecule has 2 aromatic heterocycles. The summed E-state index contributed by atoms with van der Waals surface area (Å²) in [5.41, 5.74) is 0. The first-order chi connectivity index (χ1) is 7.81. The number of hydrogen-bond donors (Lipinski definition) is 2. The molecule has 6 nitrogen and oxygen atoms in total. The standard InChI is InChI=1S/C9H11N5OS/c1-2-6(7-4-3-5-16-7)10-9(15)8-11-13-14-12-8/h3-6H,2H2,1H3,(H,10,15)(H,11,12,13,14). The van der Waals surface area contributed by atoms with Crippen molar-refractivity contribution in [3.05, 3.63) is 28.2 Å². The first-order valence-corrected chi connectivity index (χ1v) is 5.77. The number of hydrogen-bond acceptors (Lipinski definition) is 5. The molecule has 7 heteroatoms. The molecule has 1 unspecified atom stereocenters. The van der Waals surface area contributed by atoms with Crippen molar-refractivity contribution in [2.75, 3.05) is 0 Å². The van der Waals surface area contributed by atoms with Gasteiger partial charge in [0.2, 0.25) is 0 Å². The Morgan fingerprint density at radius 3 is 3.12 bits per heavy atom. The van der Waals surface area contributed by atoms with Crippen LogP contribution < -0.4 is 5.32 Å². The number of nitrogens with one attached hydrogen (secondary N) is 2. The van der Waals surface area contributed by atoms with Crippen LogP contribution in [0.1, 0.15) is 34.9 Å². The lowest BCUT2D eigenvalue weighted by Gasteiger charge is -2.13. The van der Waals surface area contributed by atoms with Crippen LogP contribution in [-0.4, -0.2) is 26.5 Å². The topological polar surface area (TPSA) is 83.6 Å². The van der Waals surface area contributed by atoms with Crippen LogP contribution >= 0.6 is 11.3 Å². The van der Waals surface area contributed by atoms with E-state index in [4.69, 9.17) is 0 Å². The summed E-state index contributed by atoms with van der Waals surface area (Å²) in [7, 11) is 0. The van der Waals surface area contributed by atoms with Crippen molar-refractivity contribution < 1.29 is 4.79 Å². The number of amides is 1. The molecule has 0 fully saturated rings. The number of thiophene rings is 1. The molecule has 2 aromatic rings. The predicted octanol–water partition coefficient (Wildman–Crippen LogP) is 1.14. The summed E-state index contributed by atoms with van der Waals surface area (Å²) in [6.07, 6.45) is 0.824. The molecular formula is C9H11N5OS. The van der Waals surface area contributed by atoms with E-state index < -0.39 is 0 Å². The van der Waals surface area contributed by atoms with Crippen molar-refractivity contribution in [2.24, 2.45) is 0 Å². The van der Waals surface area contributed by atoms with E-state index in [-0.39, 0.29) is 17.8 Å². The van der Waals surface area contributed by atoms with Gasteiger partial charge in [-0.3, -0.25) is 4.79 Å². The predicted molar refractivity (Wildman–Crippen MR) is 59.0 cm³/mol. The Morgan fingerprint density at radius 1 is 1.69 bits per heavy atom. The normalized spacial score (nSPS) is 12.3. The Morgan fingerprint density at radius 2 is 2.56 bits per heavy atom. The summed E-state index contributed by atoms with van der Waals surface area (Å²) in [4.78, 5) is 12.8. The van der Waals surface area contributed by atoms with Gasteiger partial charge in [-0.25, -0.2) is 0 Å². The fourth-order valence-corrected chi connectivity index (χ4v) is 2.21. The molecule has 0 saturated heterocycles. The minimum absolute atomic E-state index is 0.00556. The van der Waals surface area contributed by atoms with Crippen LogP contribution in [0.25, 0.3) is 0 Å². The molecule has 0 saturated carbocycles. The number of tetrazole rings is 1. The minimum atomic E-state index is -0.311. The highest BCUT2D eigenvalue weighted by Crippen LogP contribution is 2.21. The van der Waals surface area contributed by atoms with Crippen molar-refractivity contribution in [3.8, 4) is 0 Å². The number of aromatic amines is 1. The average molecular weight is 237 g/mol. The van der Waals surface area contributed by atoms with Gasteiger partial charge in [-0.15, -0.1) is 21.5 Å². The maximum Gasteiger partial charge on any atom is 0.293 e. The number of rotatable bonds is 4. The molecule has 0 aliphatic heterocycles. The van der Waals surface area contributed by atoms with E-state index in [0.29, 0.717) is 0 Å². The van der Waals surface area contributed by atoms with Crippen LogP contribution in [0.3, 0.4) is 0 Å². The van der Waals surface area contributed by atoms with Crippen LogP contribution in [0.5, 0.6) is 0 Å². The fraction of sp³-hybridized carbons (Fsp3) is 0.333. The molecular weight excluding hydrogens is 226 g/mol. The first-order valence-electron chi connectivity index (χ1n) is 4.89. The third-order valence-corrected chi connectivity index (χ3v) is 3.13. The molecule has 0 radical (unpaired) electrons. The molecule has 0 aliphatic rings. The maximum absolute atomic E-state index is 11.7. The molecule has 1 atom stereocenters. The van der Waals surface area contributed by atoms with Crippen LogP contribution in [-0.2, 0) is 0 Å². The van der Waals surface area contributed by atoms with E-state index in [1.807, 2.05) is 24.4 Å². The van der Waals surface area contributed by atoms with Crippen molar-refractivity contribution in [1.82, 2.24) is 25.9 Å². The van der Waals surface area contributed by atoms with Gasteiger partial charge in [0.1, 0.15) is 0 Å². The minimum Gasteiger partial charge on any atom is -0.342 e. The zero-order valence-electron chi connectivity index (χ0n) is 8.67. The summed E-state index contributed by atoms with van der Waals surface area (Å²) in [6.45, 7) is 2.01. The third kappa shape index (κ3) is 2.25. The Kier molecular flexibility index (Phi) is 3.25. The average Bonchev–Trinajstić information content (AvgIpc) is 2.96. The molecule has 16 heavy (non-hydrogen) atoms. The summed E-state index contributed by atoms with van der Waals surface area (Å²) in [5, 5.41) is 17.7. The summed E-state index contributed by atoms with van der Waals surface area (Å²) >= 11 is 1.62. The molecule has 1 amide bonds. The number of aromatic nitrogens is 4. The fourth-order valence-electron chi connectivity index (χ4n) is 1.34. The van der Waals surface area contributed by atoms with E-state index in [0.717, 1.165) is 11.3 Å². The number of nitrogens with zero attached hydrogens (tertiary/aromatic N) is 3. The van der Waals surface area contributed by atoms with Gasteiger partial charge in [0.15, 0.2) is 0 Å². The van der Waals surface area contributed by atoms with E-state index in [1.54, 1.807) is 11.3 Å². The smallest absolute Gasteiger partial charge is 0.293 e. The molecule has 84 valence electrons. The van der Waals surface area contributed by atoms with Gasteiger partial charge in [-0.05, 0) is 23.1 Å². The second-order valence-electron chi connectivity index (χ2n) is 3.19. The monoisotopic (exact) mass is 237 g/mol. The molecule has 0 aromatic carbocycles. The maximum atomic E-state index is 11.7. The summed E-state index contributed by atoms with van der Waals surface area (Å²) < 4.78 is 0. The van der Waals surface area contributed by atoms with Crippen LogP contribution in [0, 0.1) is 0 Å². The highest BCUT2D eigenvalue weighted by atomic mass is 32.1. The van der Waals surface area contributed by atoms with Gasteiger partial charge in [0.25, 0.3) is 11.7 Å². The SMILES string of the molecule is CCC(NC(=O)c1nn[nH]n1)c1cccs1. The van der Waals surface area contributed by atoms with Gasteiger partial charge in [0, 0.05) is 4.88 Å². The van der Waals surface area contributed by atoms with Gasteiger partial charge < -0.3 is 5.32 Å². The number of carbonyl (C=O) groups excluding carboxylic acids is 1. The zero-order valence-corrected chi connectivity index (χ0v) is 9.49. The first kappa shape index (κ1) is 10.7. The third-order valence-electron chi connectivity index (χ3n) is 2.15. The largest absolute Gasteiger partial charge is 0.342 e. The molecule has 2 rings (SSSR count). The molecule has 0 bridgehead atoms. The summed E-state index contributed by atoms with van der Waals surface area (Å²) in [5.74, 6) is -0.246. The Hall–Kier alpha value is -1.76. The van der Waals surface area contributed by atoms with Gasteiger partial charge in [-0.2, -0.15) is 5.21 Å². The van der Waals surface area contributed by atoms with E-state index in [1.165, 1.54) is 0 Å². The Balaban J connectivity index is 2.05. The second-order valence-corrected chi connectivity index (χ2v) is 4.16. The Labute approximate surface area is 96.1 Å². The molecule has 2 heterocycles. The van der Waals surface area contributed by atoms with E-state index >= 15 is 0 Å². The van der Waals surface area contributed by atoms with Crippen LogP contribution in [0.15, 0.2) is 17.5 Å². The highest BCUT2D eigenvalue weighted by Gasteiger charge is 2.17. The lowest BCUT2D eigenvalue weighted by Crippen LogP contribution is -2.28. The van der Waals surface area contributed by atoms with Crippen molar-refractivity contribution >= 4 is 17.2 Å². The van der Waals surface area contributed by atoms with Gasteiger partial charge in [-0.1, -0.05) is 13.0 Å². The van der Waals surface area contributed by atoms with Crippen molar-refractivity contribution in [1.29, 1.82) is 0 Å². The van der Waals surface area contributed by atoms with E-state index in [2.05, 4.69) is 25.9 Å². The zero-order chi connectivity index (χ0) is 11.4. The van der Waals surface area contributed by atoms with Crippen molar-refractivity contribution in [2.45, 2.75) is 19.4 Å².